The van der Waals surface area contributed by atoms with E-state index in [2.05, 4.69) is 4.90 Å². The first-order chi connectivity index (χ1) is 10.1. The Labute approximate surface area is 128 Å². The van der Waals surface area contributed by atoms with Crippen LogP contribution in [0.15, 0.2) is 0 Å². The second-order valence-corrected chi connectivity index (χ2v) is 8.56. The average Bonchev–Trinajstić information content (AvgIpc) is 3.18. The third-order valence-corrected chi connectivity index (χ3v) is 7.34. The van der Waals surface area contributed by atoms with E-state index in [-0.39, 0.29) is 0 Å². The fourth-order valence-corrected chi connectivity index (χ4v) is 5.56. The van der Waals surface area contributed by atoms with Gasteiger partial charge in [-0.15, -0.1) is 0 Å². The van der Waals surface area contributed by atoms with Crippen LogP contribution in [-0.4, -0.2) is 73.8 Å². The Morgan fingerprint density at radius 3 is 2.14 bits per heavy atom. The Kier molecular flexibility index (Phi) is 4.85. The number of likely N-dealkylation sites (tertiary alicyclic amines) is 1. The molecular formula is C14H28N4O2S. The van der Waals surface area contributed by atoms with Crippen LogP contribution in [0, 0.1) is 5.92 Å². The van der Waals surface area contributed by atoms with Crippen molar-refractivity contribution in [3.05, 3.63) is 0 Å². The van der Waals surface area contributed by atoms with Crippen LogP contribution in [-0.2, 0) is 10.2 Å². The fourth-order valence-electron chi connectivity index (χ4n) is 3.86. The van der Waals surface area contributed by atoms with Crippen molar-refractivity contribution in [2.75, 3.05) is 45.8 Å². The SMILES string of the molecule is NCC1CCN(S(=O)(=O)N2CCC(N3CCCC3)C2)CC1. The van der Waals surface area contributed by atoms with Crippen LogP contribution in [0.1, 0.15) is 32.1 Å². The zero-order valence-electron chi connectivity index (χ0n) is 12.8. The monoisotopic (exact) mass is 316 g/mol. The molecule has 3 saturated heterocycles. The molecule has 0 aromatic heterocycles. The smallest absolute Gasteiger partial charge is 0.282 e. The van der Waals surface area contributed by atoms with Gasteiger partial charge in [-0.05, 0) is 57.7 Å². The molecule has 122 valence electrons. The maximum atomic E-state index is 12.7. The molecular weight excluding hydrogens is 288 g/mol. The molecule has 3 aliphatic rings. The van der Waals surface area contributed by atoms with Gasteiger partial charge in [0.15, 0.2) is 0 Å². The molecule has 0 aliphatic carbocycles. The highest BCUT2D eigenvalue weighted by Gasteiger charge is 2.39. The summed E-state index contributed by atoms with van der Waals surface area (Å²) in [6, 6.07) is 0.434. The molecule has 0 amide bonds. The molecule has 0 aromatic rings. The molecule has 3 heterocycles. The predicted octanol–water partition coefficient (Wildman–Crippen LogP) is 0.0720. The van der Waals surface area contributed by atoms with Crippen molar-refractivity contribution in [3.63, 3.8) is 0 Å². The highest BCUT2D eigenvalue weighted by atomic mass is 32.2. The summed E-state index contributed by atoms with van der Waals surface area (Å²) in [6.07, 6.45) is 5.31. The third-order valence-electron chi connectivity index (χ3n) is 5.34. The van der Waals surface area contributed by atoms with Crippen molar-refractivity contribution in [3.8, 4) is 0 Å². The Morgan fingerprint density at radius 2 is 1.52 bits per heavy atom. The summed E-state index contributed by atoms with van der Waals surface area (Å²) < 4.78 is 28.9. The minimum Gasteiger partial charge on any atom is -0.330 e. The van der Waals surface area contributed by atoms with Gasteiger partial charge in [-0.2, -0.15) is 17.0 Å². The van der Waals surface area contributed by atoms with Crippen molar-refractivity contribution >= 4 is 10.2 Å². The van der Waals surface area contributed by atoms with Gasteiger partial charge in [0.1, 0.15) is 0 Å². The van der Waals surface area contributed by atoms with Crippen LogP contribution in [0.5, 0.6) is 0 Å². The van der Waals surface area contributed by atoms with Crippen molar-refractivity contribution in [1.82, 2.24) is 13.5 Å². The summed E-state index contributed by atoms with van der Waals surface area (Å²) in [5.41, 5.74) is 5.68. The van der Waals surface area contributed by atoms with Gasteiger partial charge in [-0.1, -0.05) is 0 Å². The normalized spacial score (nSPS) is 31.2. The van der Waals surface area contributed by atoms with Crippen molar-refractivity contribution in [2.45, 2.75) is 38.1 Å². The van der Waals surface area contributed by atoms with E-state index in [4.69, 9.17) is 5.73 Å². The lowest BCUT2D eigenvalue weighted by Gasteiger charge is -2.33. The van der Waals surface area contributed by atoms with Gasteiger partial charge in [0.25, 0.3) is 10.2 Å². The zero-order chi connectivity index (χ0) is 14.9. The highest BCUT2D eigenvalue weighted by Crippen LogP contribution is 2.26. The second kappa shape index (κ2) is 6.50. The number of nitrogens with two attached hydrogens (primary N) is 1. The van der Waals surface area contributed by atoms with Crippen LogP contribution < -0.4 is 5.73 Å². The Bertz CT molecular complexity index is 442. The first kappa shape index (κ1) is 15.7. The lowest BCUT2D eigenvalue weighted by Crippen LogP contribution is -2.48. The summed E-state index contributed by atoms with van der Waals surface area (Å²) in [5, 5.41) is 0. The van der Waals surface area contributed by atoms with E-state index in [0.29, 0.717) is 44.7 Å². The number of piperidine rings is 1. The van der Waals surface area contributed by atoms with E-state index in [0.717, 1.165) is 32.4 Å². The van der Waals surface area contributed by atoms with Crippen LogP contribution >= 0.6 is 0 Å². The summed E-state index contributed by atoms with van der Waals surface area (Å²) in [7, 11) is -3.26. The molecule has 7 heteroatoms. The van der Waals surface area contributed by atoms with E-state index < -0.39 is 10.2 Å². The fraction of sp³-hybridized carbons (Fsp3) is 1.00. The van der Waals surface area contributed by atoms with Gasteiger partial charge in [0, 0.05) is 32.2 Å². The standard InChI is InChI=1S/C14H28N4O2S/c15-11-13-3-8-17(9-4-13)21(19,20)18-10-5-14(12-18)16-6-1-2-7-16/h13-14H,1-12,15H2. The molecule has 0 aromatic carbocycles. The lowest BCUT2D eigenvalue weighted by molar-refractivity contribution is 0.241. The molecule has 1 atom stereocenters. The number of hydrogen-bond donors (Lipinski definition) is 1. The van der Waals surface area contributed by atoms with Crippen LogP contribution in [0.25, 0.3) is 0 Å². The maximum Gasteiger partial charge on any atom is 0.282 e. The van der Waals surface area contributed by atoms with E-state index in [1.54, 1.807) is 8.61 Å². The summed E-state index contributed by atoms with van der Waals surface area (Å²) >= 11 is 0. The molecule has 6 nitrogen and oxygen atoms in total. The van der Waals surface area contributed by atoms with Gasteiger partial charge in [0.05, 0.1) is 0 Å². The van der Waals surface area contributed by atoms with Crippen LogP contribution in [0.4, 0.5) is 0 Å². The van der Waals surface area contributed by atoms with Crippen molar-refractivity contribution < 1.29 is 8.42 Å². The zero-order valence-corrected chi connectivity index (χ0v) is 13.6. The maximum absolute atomic E-state index is 12.7. The van der Waals surface area contributed by atoms with E-state index >= 15 is 0 Å². The molecule has 21 heavy (non-hydrogen) atoms. The van der Waals surface area contributed by atoms with Crippen molar-refractivity contribution in [2.24, 2.45) is 11.7 Å². The minimum absolute atomic E-state index is 0.434. The molecule has 0 bridgehead atoms. The van der Waals surface area contributed by atoms with Gasteiger partial charge in [-0.3, -0.25) is 4.90 Å². The molecule has 3 rings (SSSR count). The first-order valence-corrected chi connectivity index (χ1v) is 9.70. The second-order valence-electron chi connectivity index (χ2n) is 6.63. The number of hydrogen-bond acceptors (Lipinski definition) is 4. The lowest BCUT2D eigenvalue weighted by atomic mass is 9.99. The van der Waals surface area contributed by atoms with E-state index in [1.807, 2.05) is 0 Å². The topological polar surface area (TPSA) is 69.9 Å². The minimum atomic E-state index is -3.26. The molecule has 1 unspecified atom stereocenters. The van der Waals surface area contributed by atoms with Crippen molar-refractivity contribution in [1.29, 1.82) is 0 Å². The molecule has 0 spiro atoms. The molecule has 0 radical (unpaired) electrons. The quantitative estimate of drug-likeness (QED) is 0.797. The summed E-state index contributed by atoms with van der Waals surface area (Å²) in [6.45, 7) is 5.58. The van der Waals surface area contributed by atoms with Gasteiger partial charge < -0.3 is 5.73 Å². The number of nitrogens with zero attached hydrogens (tertiary/aromatic N) is 3. The number of rotatable bonds is 4. The molecule has 3 aliphatic heterocycles. The predicted molar refractivity (Wildman–Crippen MR) is 83.1 cm³/mol. The van der Waals surface area contributed by atoms with E-state index in [1.165, 1.54) is 12.8 Å². The van der Waals surface area contributed by atoms with Crippen LogP contribution in [0.3, 0.4) is 0 Å². The Morgan fingerprint density at radius 1 is 0.905 bits per heavy atom. The average molecular weight is 316 g/mol. The summed E-state index contributed by atoms with van der Waals surface area (Å²) in [5.74, 6) is 0.493. The molecule has 3 fully saturated rings. The molecule has 0 saturated carbocycles. The Balaban J connectivity index is 1.58. The van der Waals surface area contributed by atoms with Gasteiger partial charge in [-0.25, -0.2) is 0 Å². The van der Waals surface area contributed by atoms with Gasteiger partial charge in [0.2, 0.25) is 0 Å². The summed E-state index contributed by atoms with van der Waals surface area (Å²) in [4.78, 5) is 2.47. The largest absolute Gasteiger partial charge is 0.330 e. The highest BCUT2D eigenvalue weighted by molar-refractivity contribution is 7.86. The van der Waals surface area contributed by atoms with E-state index in [9.17, 15) is 8.42 Å². The molecule has 2 N–H and O–H groups in total. The third kappa shape index (κ3) is 3.27. The first-order valence-electron chi connectivity index (χ1n) is 8.30. The van der Waals surface area contributed by atoms with Gasteiger partial charge >= 0.3 is 0 Å². The Hall–Kier alpha value is -0.210. The van der Waals surface area contributed by atoms with Crippen LogP contribution in [0.2, 0.25) is 0 Å².